The Morgan fingerprint density at radius 3 is 2.12 bits per heavy atom. The third kappa shape index (κ3) is 3.15. The molecule has 0 radical (unpaired) electrons. The van der Waals surface area contributed by atoms with Crippen LogP contribution in [-0.4, -0.2) is 13.1 Å². The molecule has 1 unspecified atom stereocenters. The molecule has 0 fully saturated rings. The third-order valence-corrected chi connectivity index (χ3v) is 3.61. The molecule has 0 aromatic heterocycles. The molecule has 0 amide bonds. The number of carbonyl (C=O) groups excluding carboxylic acids is 1. The number of hydrogen-bond acceptors (Lipinski definition) is 2. The number of ether oxygens (including phenoxy) is 1. The highest BCUT2D eigenvalue weighted by Crippen LogP contribution is 2.11. The zero-order valence-corrected chi connectivity index (χ0v) is 10.5. The van der Waals surface area contributed by atoms with Crippen LogP contribution in [0.2, 0.25) is 0 Å². The van der Waals surface area contributed by atoms with E-state index in [9.17, 15) is 4.79 Å². The fraction of sp³-hybridized carbons (Fsp3) is 0.0714. The summed E-state index contributed by atoms with van der Waals surface area (Å²) in [4.78, 5) is 11.3. The maximum atomic E-state index is 11.3. The molecule has 0 aliphatic carbocycles. The summed E-state index contributed by atoms with van der Waals surface area (Å²) in [6.45, 7) is 0. The van der Waals surface area contributed by atoms with E-state index in [1.165, 1.54) is 17.7 Å². The van der Waals surface area contributed by atoms with Gasteiger partial charge in [0.25, 0.3) is 0 Å². The zero-order chi connectivity index (χ0) is 12.1. The molecule has 0 N–H and O–H groups in total. The molecule has 1 atom stereocenters. The van der Waals surface area contributed by atoms with E-state index in [-0.39, 0.29) is 5.97 Å². The second-order valence-electron chi connectivity index (χ2n) is 3.56. The monoisotopic (exact) mass is 244 g/mol. The Hall–Kier alpha value is -1.66. The summed E-state index contributed by atoms with van der Waals surface area (Å²) in [5.74, 6) is -0.292. The second-order valence-corrected chi connectivity index (χ2v) is 4.96. The van der Waals surface area contributed by atoms with Gasteiger partial charge in [0.15, 0.2) is 0 Å². The van der Waals surface area contributed by atoms with E-state index in [4.69, 9.17) is 0 Å². The average molecular weight is 244 g/mol. The van der Waals surface area contributed by atoms with Gasteiger partial charge < -0.3 is 4.74 Å². The van der Waals surface area contributed by atoms with E-state index >= 15 is 0 Å². The van der Waals surface area contributed by atoms with Crippen molar-refractivity contribution in [1.82, 2.24) is 0 Å². The van der Waals surface area contributed by atoms with Gasteiger partial charge in [0.05, 0.1) is 12.7 Å². The molecule has 0 spiro atoms. The highest BCUT2D eigenvalue weighted by molar-refractivity contribution is 7.55. The van der Waals surface area contributed by atoms with Crippen molar-refractivity contribution in [2.45, 2.75) is 0 Å². The molecule has 0 aliphatic rings. The lowest BCUT2D eigenvalue weighted by Crippen LogP contribution is -2.06. The highest BCUT2D eigenvalue weighted by Gasteiger charge is 2.04. The van der Waals surface area contributed by atoms with Crippen LogP contribution in [0.15, 0.2) is 54.6 Å². The molecule has 2 nitrogen and oxygen atoms in total. The summed E-state index contributed by atoms with van der Waals surface area (Å²) in [6, 6.07) is 17.8. The fourth-order valence-electron chi connectivity index (χ4n) is 1.50. The SMILES string of the molecule is COC(=O)c1ccc(Pc2ccccc2)cc1. The Labute approximate surface area is 102 Å². The summed E-state index contributed by atoms with van der Waals surface area (Å²) in [5, 5.41) is 2.50. The molecule has 3 heteroatoms. The van der Waals surface area contributed by atoms with E-state index in [1.807, 2.05) is 30.3 Å². The smallest absolute Gasteiger partial charge is 0.337 e. The lowest BCUT2D eigenvalue weighted by Gasteiger charge is -2.03. The Morgan fingerprint density at radius 1 is 0.941 bits per heavy atom. The third-order valence-electron chi connectivity index (χ3n) is 2.37. The van der Waals surface area contributed by atoms with Crippen molar-refractivity contribution in [2.24, 2.45) is 0 Å². The number of methoxy groups -OCH3 is 1. The van der Waals surface area contributed by atoms with Crippen LogP contribution in [0, 0.1) is 0 Å². The standard InChI is InChI=1S/C14H13O2P/c1-16-14(15)11-7-9-13(10-8-11)17-12-5-3-2-4-6-12/h2-10,17H,1H3. The highest BCUT2D eigenvalue weighted by atomic mass is 31.1. The normalized spacial score (nSPS) is 10.6. The first-order valence-electron chi connectivity index (χ1n) is 5.30. The largest absolute Gasteiger partial charge is 0.465 e. The predicted molar refractivity (Wildman–Crippen MR) is 71.8 cm³/mol. The minimum atomic E-state index is -0.292. The van der Waals surface area contributed by atoms with Crippen LogP contribution in [0.1, 0.15) is 10.4 Å². The maximum Gasteiger partial charge on any atom is 0.337 e. The van der Waals surface area contributed by atoms with E-state index < -0.39 is 0 Å². The fourth-order valence-corrected chi connectivity index (χ4v) is 2.52. The van der Waals surface area contributed by atoms with Crippen LogP contribution < -0.4 is 10.6 Å². The Morgan fingerprint density at radius 2 is 1.53 bits per heavy atom. The number of rotatable bonds is 3. The average Bonchev–Trinajstić information content (AvgIpc) is 2.40. The van der Waals surface area contributed by atoms with Crippen LogP contribution in [0.3, 0.4) is 0 Å². The first kappa shape index (κ1) is 11.8. The van der Waals surface area contributed by atoms with Crippen molar-refractivity contribution in [1.29, 1.82) is 0 Å². The quantitative estimate of drug-likeness (QED) is 0.610. The van der Waals surface area contributed by atoms with Gasteiger partial charge in [-0.15, -0.1) is 0 Å². The van der Waals surface area contributed by atoms with Gasteiger partial charge >= 0.3 is 5.97 Å². The molecule has 0 saturated heterocycles. The van der Waals surface area contributed by atoms with Crippen molar-refractivity contribution in [2.75, 3.05) is 7.11 Å². The van der Waals surface area contributed by atoms with Crippen molar-refractivity contribution >= 4 is 25.2 Å². The zero-order valence-electron chi connectivity index (χ0n) is 9.51. The van der Waals surface area contributed by atoms with E-state index in [0.29, 0.717) is 14.1 Å². The van der Waals surface area contributed by atoms with Crippen LogP contribution in [0.25, 0.3) is 0 Å². The van der Waals surface area contributed by atoms with Crippen LogP contribution in [0.4, 0.5) is 0 Å². The molecule has 17 heavy (non-hydrogen) atoms. The Kier molecular flexibility index (Phi) is 3.89. The van der Waals surface area contributed by atoms with Crippen LogP contribution in [-0.2, 0) is 4.74 Å². The van der Waals surface area contributed by atoms with Crippen molar-refractivity contribution in [3.05, 3.63) is 60.2 Å². The summed E-state index contributed by atoms with van der Waals surface area (Å²) in [5.41, 5.74) is 0.592. The number of esters is 1. The molecule has 0 aliphatic heterocycles. The van der Waals surface area contributed by atoms with Crippen LogP contribution in [0.5, 0.6) is 0 Å². The number of carbonyl (C=O) groups is 1. The van der Waals surface area contributed by atoms with Gasteiger partial charge in [-0.1, -0.05) is 51.0 Å². The molecule has 2 aromatic carbocycles. The van der Waals surface area contributed by atoms with Gasteiger partial charge in [0, 0.05) is 0 Å². The van der Waals surface area contributed by atoms with Crippen molar-refractivity contribution in [3.63, 3.8) is 0 Å². The summed E-state index contributed by atoms with van der Waals surface area (Å²) in [7, 11) is 2.01. The summed E-state index contributed by atoms with van der Waals surface area (Å²) < 4.78 is 4.66. The summed E-state index contributed by atoms with van der Waals surface area (Å²) >= 11 is 0. The predicted octanol–water partition coefficient (Wildman–Crippen LogP) is 2.10. The molecular formula is C14H13O2P. The Balaban J connectivity index is 2.11. The molecule has 2 aromatic rings. The lowest BCUT2D eigenvalue weighted by atomic mass is 10.2. The van der Waals surface area contributed by atoms with Gasteiger partial charge in [-0.05, 0) is 22.7 Å². The first-order valence-corrected chi connectivity index (χ1v) is 6.30. The topological polar surface area (TPSA) is 26.3 Å². The number of hydrogen-bond donors (Lipinski definition) is 0. The summed E-state index contributed by atoms with van der Waals surface area (Å²) in [6.07, 6.45) is 0. The maximum absolute atomic E-state index is 11.3. The molecule has 2 rings (SSSR count). The minimum absolute atomic E-state index is 0.292. The number of benzene rings is 2. The van der Waals surface area contributed by atoms with Gasteiger partial charge in [-0.3, -0.25) is 0 Å². The van der Waals surface area contributed by atoms with E-state index in [1.54, 1.807) is 12.1 Å². The first-order chi connectivity index (χ1) is 8.29. The second kappa shape index (κ2) is 5.60. The molecular weight excluding hydrogens is 231 g/mol. The van der Waals surface area contributed by atoms with E-state index in [2.05, 4.69) is 16.9 Å². The van der Waals surface area contributed by atoms with Gasteiger partial charge in [0.2, 0.25) is 0 Å². The van der Waals surface area contributed by atoms with Crippen LogP contribution >= 0.6 is 8.58 Å². The van der Waals surface area contributed by atoms with Gasteiger partial charge in [-0.2, -0.15) is 0 Å². The van der Waals surface area contributed by atoms with Crippen molar-refractivity contribution in [3.8, 4) is 0 Å². The molecule has 0 saturated carbocycles. The molecule has 86 valence electrons. The van der Waals surface area contributed by atoms with Gasteiger partial charge in [-0.25, -0.2) is 4.79 Å². The molecule has 0 bridgehead atoms. The van der Waals surface area contributed by atoms with E-state index in [0.717, 1.165) is 0 Å². The van der Waals surface area contributed by atoms with Crippen molar-refractivity contribution < 1.29 is 9.53 Å². The minimum Gasteiger partial charge on any atom is -0.465 e. The van der Waals surface area contributed by atoms with Gasteiger partial charge in [0.1, 0.15) is 0 Å². The Bertz CT molecular complexity index is 491. The lowest BCUT2D eigenvalue weighted by molar-refractivity contribution is 0.0601. The molecule has 0 heterocycles.